The minimum absolute atomic E-state index is 0.0251. The second-order valence-electron chi connectivity index (χ2n) is 3.55. The van der Waals surface area contributed by atoms with E-state index in [-0.39, 0.29) is 12.8 Å². The fourth-order valence-corrected chi connectivity index (χ4v) is 2.01. The van der Waals surface area contributed by atoms with Crippen molar-refractivity contribution in [2.75, 3.05) is 0 Å². The second kappa shape index (κ2) is 2.75. The van der Waals surface area contributed by atoms with E-state index < -0.39 is 36.0 Å². The molecule has 1 aliphatic carbocycles. The van der Waals surface area contributed by atoms with Gasteiger partial charge in [0.1, 0.15) is 12.3 Å². The topological polar surface area (TPSA) is 46.2 Å². The third kappa shape index (κ3) is 1.22. The van der Waals surface area contributed by atoms with Gasteiger partial charge in [-0.2, -0.15) is 0 Å². The molecule has 1 amide bonds. The molecule has 2 aliphatic rings. The molecule has 1 N–H and O–H groups in total. The number of carbonyl (C=O) groups excluding carboxylic acids is 2. The predicted molar refractivity (Wildman–Crippen MR) is 39.5 cm³/mol. The summed E-state index contributed by atoms with van der Waals surface area (Å²) in [6.07, 6.45) is -2.96. The highest BCUT2D eigenvalue weighted by atomic mass is 19.1. The zero-order valence-corrected chi connectivity index (χ0v) is 6.80. The van der Waals surface area contributed by atoms with Gasteiger partial charge in [-0.05, 0) is 6.42 Å². The lowest BCUT2D eigenvalue weighted by Gasteiger charge is -2.28. The number of amides is 1. The average molecular weight is 189 g/mol. The van der Waals surface area contributed by atoms with Gasteiger partial charge in [-0.15, -0.1) is 0 Å². The Morgan fingerprint density at radius 3 is 2.62 bits per heavy atom. The Labute approximate surface area is 73.5 Å². The molecule has 0 aromatic rings. The van der Waals surface area contributed by atoms with Crippen LogP contribution in [0.15, 0.2) is 0 Å². The van der Waals surface area contributed by atoms with Crippen molar-refractivity contribution in [3.63, 3.8) is 0 Å². The molecule has 0 aromatic carbocycles. The summed E-state index contributed by atoms with van der Waals surface area (Å²) in [7, 11) is 0. The molecule has 5 heteroatoms. The number of nitrogens with one attached hydrogen (secondary N) is 1. The molecule has 0 bridgehead atoms. The smallest absolute Gasteiger partial charge is 0.288 e. The first kappa shape index (κ1) is 8.59. The van der Waals surface area contributed by atoms with Gasteiger partial charge in [0.25, 0.3) is 5.91 Å². The Kier molecular flexibility index (Phi) is 1.82. The zero-order valence-electron chi connectivity index (χ0n) is 6.80. The van der Waals surface area contributed by atoms with Crippen LogP contribution in [-0.2, 0) is 9.59 Å². The van der Waals surface area contributed by atoms with Gasteiger partial charge in [-0.3, -0.25) is 9.59 Å². The highest BCUT2D eigenvalue weighted by Gasteiger charge is 2.49. The molecule has 13 heavy (non-hydrogen) atoms. The Morgan fingerprint density at radius 2 is 1.92 bits per heavy atom. The van der Waals surface area contributed by atoms with E-state index in [9.17, 15) is 18.4 Å². The number of carbonyl (C=O) groups is 2. The monoisotopic (exact) mass is 189 g/mol. The fourth-order valence-electron chi connectivity index (χ4n) is 2.01. The van der Waals surface area contributed by atoms with Crippen LogP contribution in [0.4, 0.5) is 8.78 Å². The van der Waals surface area contributed by atoms with E-state index in [0.717, 1.165) is 0 Å². The average Bonchev–Trinajstić information content (AvgIpc) is 2.32. The van der Waals surface area contributed by atoms with E-state index in [1.807, 2.05) is 0 Å². The largest absolute Gasteiger partial charge is 0.343 e. The molecule has 1 saturated heterocycles. The minimum Gasteiger partial charge on any atom is -0.343 e. The minimum atomic E-state index is -1.43. The first-order chi connectivity index (χ1) is 6.09. The molecule has 2 rings (SSSR count). The van der Waals surface area contributed by atoms with Gasteiger partial charge in [0.2, 0.25) is 5.78 Å². The molecule has 2 fully saturated rings. The van der Waals surface area contributed by atoms with Gasteiger partial charge in [0.15, 0.2) is 0 Å². The van der Waals surface area contributed by atoms with Crippen molar-refractivity contribution in [3.8, 4) is 0 Å². The highest BCUT2D eigenvalue weighted by Crippen LogP contribution is 2.32. The maximum Gasteiger partial charge on any atom is 0.288 e. The second-order valence-corrected chi connectivity index (χ2v) is 3.55. The molecule has 4 unspecified atom stereocenters. The standard InChI is InChI=1S/C8H9F2NO2/c9-3-1-4-6(5(10)2-3)11-8(13)7(4)12/h3-6H,1-2H2,(H,11,13). The van der Waals surface area contributed by atoms with Crippen molar-refractivity contribution in [2.45, 2.75) is 31.2 Å². The summed E-state index contributed by atoms with van der Waals surface area (Å²) in [5.74, 6) is -2.23. The number of fused-ring (bicyclic) bond motifs is 1. The number of halogens is 2. The molecule has 1 aliphatic heterocycles. The Hall–Kier alpha value is -1.00. The number of alkyl halides is 2. The maximum absolute atomic E-state index is 13.1. The summed E-state index contributed by atoms with van der Waals surface area (Å²) in [6.45, 7) is 0. The van der Waals surface area contributed by atoms with Crippen molar-refractivity contribution in [1.29, 1.82) is 0 Å². The number of hydrogen-bond acceptors (Lipinski definition) is 2. The molecule has 0 aromatic heterocycles. The maximum atomic E-state index is 13.1. The third-order valence-electron chi connectivity index (χ3n) is 2.67. The van der Waals surface area contributed by atoms with E-state index in [4.69, 9.17) is 0 Å². The Bertz CT molecular complexity index is 269. The highest BCUT2D eigenvalue weighted by molar-refractivity contribution is 6.39. The van der Waals surface area contributed by atoms with Gasteiger partial charge in [0.05, 0.1) is 12.0 Å². The number of hydrogen-bond donors (Lipinski definition) is 1. The van der Waals surface area contributed by atoms with Gasteiger partial charge < -0.3 is 5.32 Å². The van der Waals surface area contributed by atoms with E-state index >= 15 is 0 Å². The van der Waals surface area contributed by atoms with E-state index in [1.165, 1.54) is 0 Å². The SMILES string of the molecule is O=C1NC2C(F)CC(F)CC2C1=O. The van der Waals surface area contributed by atoms with Gasteiger partial charge in [-0.25, -0.2) is 8.78 Å². The zero-order chi connectivity index (χ0) is 9.59. The fraction of sp³-hybridized carbons (Fsp3) is 0.750. The number of ketones is 1. The molecular formula is C8H9F2NO2. The van der Waals surface area contributed by atoms with Crippen molar-refractivity contribution >= 4 is 11.7 Å². The molecule has 3 nitrogen and oxygen atoms in total. The van der Waals surface area contributed by atoms with Crippen molar-refractivity contribution in [3.05, 3.63) is 0 Å². The number of Topliss-reactive ketones (excluding diaryl/α,β-unsaturated/α-hetero) is 1. The van der Waals surface area contributed by atoms with Crippen LogP contribution in [0.25, 0.3) is 0 Å². The molecule has 1 saturated carbocycles. The first-order valence-electron chi connectivity index (χ1n) is 4.22. The molecular weight excluding hydrogens is 180 g/mol. The quantitative estimate of drug-likeness (QED) is 0.551. The van der Waals surface area contributed by atoms with Crippen LogP contribution in [0, 0.1) is 5.92 Å². The molecule has 0 radical (unpaired) electrons. The van der Waals surface area contributed by atoms with Gasteiger partial charge in [-0.1, -0.05) is 0 Å². The van der Waals surface area contributed by atoms with Crippen LogP contribution in [0.1, 0.15) is 12.8 Å². The van der Waals surface area contributed by atoms with Crippen LogP contribution >= 0.6 is 0 Å². The van der Waals surface area contributed by atoms with Crippen LogP contribution in [-0.4, -0.2) is 30.1 Å². The van der Waals surface area contributed by atoms with E-state index in [2.05, 4.69) is 5.32 Å². The molecule has 0 spiro atoms. The van der Waals surface area contributed by atoms with Crippen molar-refractivity contribution < 1.29 is 18.4 Å². The summed E-state index contributed by atoms with van der Waals surface area (Å²) >= 11 is 0. The number of rotatable bonds is 0. The molecule has 1 heterocycles. The normalized spacial score (nSPS) is 44.5. The lowest BCUT2D eigenvalue weighted by molar-refractivity contribution is -0.136. The van der Waals surface area contributed by atoms with Crippen LogP contribution in [0.5, 0.6) is 0 Å². The Balaban J connectivity index is 2.21. The van der Waals surface area contributed by atoms with Crippen molar-refractivity contribution in [1.82, 2.24) is 5.32 Å². The van der Waals surface area contributed by atoms with E-state index in [0.29, 0.717) is 0 Å². The lowest BCUT2D eigenvalue weighted by atomic mass is 9.82. The van der Waals surface area contributed by atoms with E-state index in [1.54, 1.807) is 0 Å². The lowest BCUT2D eigenvalue weighted by Crippen LogP contribution is -2.44. The van der Waals surface area contributed by atoms with Gasteiger partial charge in [0, 0.05) is 6.42 Å². The van der Waals surface area contributed by atoms with Crippen LogP contribution in [0.2, 0.25) is 0 Å². The molecule has 4 atom stereocenters. The predicted octanol–water partition coefficient (Wildman–Crippen LogP) is 0.140. The summed E-state index contributed by atoms with van der Waals surface area (Å²) < 4.78 is 26.0. The molecule has 72 valence electrons. The van der Waals surface area contributed by atoms with Gasteiger partial charge >= 0.3 is 0 Å². The van der Waals surface area contributed by atoms with Crippen LogP contribution < -0.4 is 5.32 Å². The summed E-state index contributed by atoms with van der Waals surface area (Å²) in [5, 5.41) is 2.25. The first-order valence-corrected chi connectivity index (χ1v) is 4.22. The van der Waals surface area contributed by atoms with Crippen LogP contribution in [0.3, 0.4) is 0 Å². The third-order valence-corrected chi connectivity index (χ3v) is 2.67. The summed E-state index contributed by atoms with van der Waals surface area (Å²) in [5.41, 5.74) is 0. The Morgan fingerprint density at radius 1 is 1.23 bits per heavy atom. The summed E-state index contributed by atoms with van der Waals surface area (Å²) in [4.78, 5) is 21.9. The summed E-state index contributed by atoms with van der Waals surface area (Å²) in [6, 6.07) is -0.785. The van der Waals surface area contributed by atoms with Crippen molar-refractivity contribution in [2.24, 2.45) is 5.92 Å².